The first kappa shape index (κ1) is 19.0. The lowest BCUT2D eigenvalue weighted by molar-refractivity contribution is 0.0741. The molecule has 4 rings (SSSR count). The van der Waals surface area contributed by atoms with Crippen LogP contribution in [0.25, 0.3) is 0 Å². The van der Waals surface area contributed by atoms with Gasteiger partial charge in [-0.3, -0.25) is 9.10 Å². The molecule has 6 nitrogen and oxygen atoms in total. The number of fused-ring (bicyclic) bond motifs is 1. The van der Waals surface area contributed by atoms with Crippen LogP contribution in [0.2, 0.25) is 0 Å². The number of nitrogens with two attached hydrogens (primary N) is 1. The second-order valence-corrected chi connectivity index (χ2v) is 9.36. The van der Waals surface area contributed by atoms with E-state index in [0.29, 0.717) is 25.1 Å². The molecule has 0 radical (unpaired) electrons. The largest absolute Gasteiger partial charge is 0.334 e. The van der Waals surface area contributed by atoms with Crippen molar-refractivity contribution in [3.8, 4) is 0 Å². The molecule has 1 amide bonds. The van der Waals surface area contributed by atoms with Crippen LogP contribution in [0.3, 0.4) is 0 Å². The summed E-state index contributed by atoms with van der Waals surface area (Å²) in [6.45, 7) is 2.99. The van der Waals surface area contributed by atoms with Crippen molar-refractivity contribution in [3.05, 3.63) is 59.7 Å². The van der Waals surface area contributed by atoms with Gasteiger partial charge < -0.3 is 10.6 Å². The molecule has 2 aromatic rings. The molecule has 1 fully saturated rings. The average molecular weight is 400 g/mol. The van der Waals surface area contributed by atoms with Gasteiger partial charge in [-0.15, -0.1) is 0 Å². The van der Waals surface area contributed by atoms with E-state index in [1.54, 1.807) is 23.1 Å². The van der Waals surface area contributed by atoms with Gasteiger partial charge in [0.25, 0.3) is 15.9 Å². The number of sulfonamides is 1. The molecule has 0 bridgehead atoms. The number of amides is 1. The van der Waals surface area contributed by atoms with Gasteiger partial charge in [0.15, 0.2) is 0 Å². The smallest absolute Gasteiger partial charge is 0.264 e. The Morgan fingerprint density at radius 2 is 1.96 bits per heavy atom. The topological polar surface area (TPSA) is 83.7 Å². The zero-order valence-corrected chi connectivity index (χ0v) is 16.7. The van der Waals surface area contributed by atoms with Crippen LogP contribution in [0.1, 0.15) is 35.7 Å². The predicted octanol–water partition coefficient (Wildman–Crippen LogP) is 2.39. The summed E-state index contributed by atoms with van der Waals surface area (Å²) < 4.78 is 28.3. The molecule has 0 saturated carbocycles. The molecule has 2 aliphatic rings. The summed E-state index contributed by atoms with van der Waals surface area (Å²) >= 11 is 0. The van der Waals surface area contributed by atoms with Crippen LogP contribution < -0.4 is 10.0 Å². The van der Waals surface area contributed by atoms with Crippen molar-refractivity contribution in [3.63, 3.8) is 0 Å². The van der Waals surface area contributed by atoms with Crippen molar-refractivity contribution in [2.24, 2.45) is 5.73 Å². The quantitative estimate of drug-likeness (QED) is 0.856. The number of rotatable bonds is 4. The monoisotopic (exact) mass is 399 g/mol. The maximum absolute atomic E-state index is 13.4. The van der Waals surface area contributed by atoms with Crippen LogP contribution >= 0.6 is 0 Å². The Morgan fingerprint density at radius 1 is 1.18 bits per heavy atom. The third-order valence-corrected chi connectivity index (χ3v) is 7.62. The van der Waals surface area contributed by atoms with Crippen LogP contribution in [0.5, 0.6) is 0 Å². The summed E-state index contributed by atoms with van der Waals surface area (Å²) in [5, 5.41) is 0. The van der Waals surface area contributed by atoms with Crippen LogP contribution in [0.4, 0.5) is 5.69 Å². The van der Waals surface area contributed by atoms with E-state index in [0.717, 1.165) is 24.1 Å². The van der Waals surface area contributed by atoms with Gasteiger partial charge in [0.05, 0.1) is 10.6 Å². The molecule has 0 spiro atoms. The van der Waals surface area contributed by atoms with E-state index in [4.69, 9.17) is 5.73 Å². The van der Waals surface area contributed by atoms with E-state index >= 15 is 0 Å². The van der Waals surface area contributed by atoms with Crippen LogP contribution in [0, 0.1) is 0 Å². The number of nitrogens with zero attached hydrogens (tertiary/aromatic N) is 2. The Bertz CT molecular complexity index is 1010. The maximum Gasteiger partial charge on any atom is 0.264 e. The average Bonchev–Trinajstić information content (AvgIpc) is 3.30. The number of likely N-dealkylation sites (tertiary alicyclic amines) is 1. The molecule has 2 unspecified atom stereocenters. The highest BCUT2D eigenvalue weighted by atomic mass is 32.2. The molecular weight excluding hydrogens is 374 g/mol. The molecule has 2 heterocycles. The first-order valence-corrected chi connectivity index (χ1v) is 11.1. The predicted molar refractivity (Wildman–Crippen MR) is 109 cm³/mol. The summed E-state index contributed by atoms with van der Waals surface area (Å²) in [5.74, 6) is -0.153. The van der Waals surface area contributed by atoms with Gasteiger partial charge in [-0.1, -0.05) is 24.3 Å². The Morgan fingerprint density at radius 3 is 2.75 bits per heavy atom. The molecule has 28 heavy (non-hydrogen) atoms. The summed E-state index contributed by atoms with van der Waals surface area (Å²) in [4.78, 5) is 14.8. The first-order valence-electron chi connectivity index (χ1n) is 9.67. The van der Waals surface area contributed by atoms with Gasteiger partial charge >= 0.3 is 0 Å². The number of para-hydroxylation sites is 1. The van der Waals surface area contributed by atoms with Crippen LogP contribution in [0.15, 0.2) is 53.4 Å². The number of hydrogen-bond acceptors (Lipinski definition) is 4. The normalized spacial score (nSPS) is 21.8. The van der Waals surface area contributed by atoms with E-state index < -0.39 is 10.0 Å². The minimum absolute atomic E-state index is 0.0262. The molecular formula is C21H25N3O3S. The number of anilines is 1. The van der Waals surface area contributed by atoms with Gasteiger partial charge in [-0.25, -0.2) is 8.42 Å². The van der Waals surface area contributed by atoms with Crippen molar-refractivity contribution in [1.82, 2.24) is 4.90 Å². The lowest BCUT2D eigenvalue weighted by Crippen LogP contribution is -2.40. The highest BCUT2D eigenvalue weighted by Crippen LogP contribution is 2.36. The standard InChI is InChI=1S/C21H25N3O3S/c1-15-12-16-6-2-3-10-20(16)24(15)28(26,27)19-9-4-7-17(13-19)21(25)23-11-5-8-18(23)14-22/h2-4,6-7,9-10,13,15,18H,5,8,11-12,14,22H2,1H3. The molecule has 2 aromatic carbocycles. The van der Waals surface area contributed by atoms with E-state index in [2.05, 4.69) is 0 Å². The second-order valence-electron chi connectivity index (χ2n) is 7.54. The Hall–Kier alpha value is -2.38. The number of carbonyl (C=O) groups is 1. The summed E-state index contributed by atoms with van der Waals surface area (Å²) in [6.07, 6.45) is 2.50. The van der Waals surface area contributed by atoms with Crippen molar-refractivity contribution >= 4 is 21.6 Å². The maximum atomic E-state index is 13.4. The molecule has 1 saturated heterocycles. The fourth-order valence-electron chi connectivity index (χ4n) is 4.32. The Kier molecular flexibility index (Phi) is 4.89. The van der Waals surface area contributed by atoms with E-state index in [1.165, 1.54) is 10.4 Å². The first-order chi connectivity index (χ1) is 13.4. The SMILES string of the molecule is CC1Cc2ccccc2N1S(=O)(=O)c1cccc(C(=O)N2CCCC2CN)c1. The van der Waals surface area contributed by atoms with Gasteiger partial charge in [0, 0.05) is 30.7 Å². The molecule has 2 aliphatic heterocycles. The summed E-state index contributed by atoms with van der Waals surface area (Å²) in [7, 11) is -3.76. The van der Waals surface area contributed by atoms with Crippen molar-refractivity contribution in [1.29, 1.82) is 0 Å². The highest BCUT2D eigenvalue weighted by Gasteiger charge is 2.36. The van der Waals surface area contributed by atoms with E-state index in [1.807, 2.05) is 31.2 Å². The number of hydrogen-bond donors (Lipinski definition) is 1. The Labute approximate surface area is 166 Å². The lowest BCUT2D eigenvalue weighted by Gasteiger charge is -2.26. The molecule has 7 heteroatoms. The second kappa shape index (κ2) is 7.22. The zero-order chi connectivity index (χ0) is 19.9. The molecule has 2 atom stereocenters. The van der Waals surface area contributed by atoms with Gasteiger partial charge in [0.2, 0.25) is 0 Å². The number of carbonyl (C=O) groups excluding carboxylic acids is 1. The molecule has 0 aliphatic carbocycles. The van der Waals surface area contributed by atoms with Crippen molar-refractivity contribution in [2.45, 2.75) is 43.2 Å². The van der Waals surface area contributed by atoms with Gasteiger partial charge in [-0.2, -0.15) is 0 Å². The third kappa shape index (κ3) is 3.08. The fraction of sp³-hybridized carbons (Fsp3) is 0.381. The highest BCUT2D eigenvalue weighted by molar-refractivity contribution is 7.92. The van der Waals surface area contributed by atoms with Crippen molar-refractivity contribution in [2.75, 3.05) is 17.4 Å². The number of benzene rings is 2. The van der Waals surface area contributed by atoms with E-state index in [9.17, 15) is 13.2 Å². The minimum atomic E-state index is -3.76. The van der Waals surface area contributed by atoms with Crippen molar-refractivity contribution < 1.29 is 13.2 Å². The van der Waals surface area contributed by atoms with Gasteiger partial charge in [0.1, 0.15) is 0 Å². The fourth-order valence-corrected chi connectivity index (χ4v) is 6.06. The molecule has 2 N–H and O–H groups in total. The lowest BCUT2D eigenvalue weighted by atomic mass is 10.1. The van der Waals surface area contributed by atoms with Crippen LogP contribution in [-0.2, 0) is 16.4 Å². The third-order valence-electron chi connectivity index (χ3n) is 5.69. The summed E-state index contributed by atoms with van der Waals surface area (Å²) in [6, 6.07) is 13.8. The van der Waals surface area contributed by atoms with Gasteiger partial charge in [-0.05, 0) is 56.0 Å². The van der Waals surface area contributed by atoms with E-state index in [-0.39, 0.29) is 22.9 Å². The minimum Gasteiger partial charge on any atom is -0.334 e. The summed E-state index contributed by atoms with van der Waals surface area (Å²) in [5.41, 5.74) is 7.92. The zero-order valence-electron chi connectivity index (χ0n) is 15.9. The Balaban J connectivity index is 1.68. The van der Waals surface area contributed by atoms with Crippen LogP contribution in [-0.4, -0.2) is 44.4 Å². The molecule has 148 valence electrons. The molecule has 0 aromatic heterocycles.